The Bertz CT molecular complexity index is 244. The molecule has 1 aliphatic heterocycles. The molecule has 0 aromatic rings. The zero-order chi connectivity index (χ0) is 11.3. The monoisotopic (exact) mass is 216 g/mol. The molecular weight excluding hydrogens is 200 g/mol. The smallest absolute Gasteiger partial charge is 0.413 e. The fourth-order valence-electron chi connectivity index (χ4n) is 1.70. The number of aliphatic hydroxyl groups excluding tert-OH is 1. The van der Waals surface area contributed by atoms with Crippen molar-refractivity contribution in [3.63, 3.8) is 0 Å². The maximum Gasteiger partial charge on any atom is 0.413 e. The molecule has 0 saturated carbocycles. The lowest BCUT2D eigenvalue weighted by atomic mass is 10.2. The summed E-state index contributed by atoms with van der Waals surface area (Å²) < 4.78 is 4.30. The molecule has 6 nitrogen and oxygen atoms in total. The molecule has 2 amide bonds. The van der Waals surface area contributed by atoms with Crippen molar-refractivity contribution in [2.24, 2.45) is 0 Å². The highest BCUT2D eigenvalue weighted by Gasteiger charge is 2.25. The summed E-state index contributed by atoms with van der Waals surface area (Å²) in [6, 6.07) is 0.0356. The number of alkyl carbamates (subject to hydrolysis) is 1. The first-order valence-corrected chi connectivity index (χ1v) is 4.90. The quantitative estimate of drug-likeness (QED) is 0.654. The Morgan fingerprint density at radius 3 is 2.93 bits per heavy atom. The second kappa shape index (κ2) is 5.67. The first kappa shape index (κ1) is 11.9. The van der Waals surface area contributed by atoms with Crippen molar-refractivity contribution < 1.29 is 19.4 Å². The zero-order valence-corrected chi connectivity index (χ0v) is 8.73. The molecule has 1 atom stereocenters. The zero-order valence-electron chi connectivity index (χ0n) is 8.73. The van der Waals surface area contributed by atoms with Crippen LogP contribution in [0.15, 0.2) is 0 Å². The number of hydrogen-bond acceptors (Lipinski definition) is 5. The first-order valence-electron chi connectivity index (χ1n) is 4.90. The van der Waals surface area contributed by atoms with Crippen molar-refractivity contribution in [1.29, 1.82) is 0 Å². The van der Waals surface area contributed by atoms with Gasteiger partial charge in [0.25, 0.3) is 0 Å². The molecule has 0 bridgehead atoms. The third-order valence-corrected chi connectivity index (χ3v) is 2.48. The van der Waals surface area contributed by atoms with E-state index in [1.54, 1.807) is 0 Å². The number of carbonyl (C=O) groups is 2. The number of likely N-dealkylation sites (tertiary alicyclic amines) is 1. The Morgan fingerprint density at radius 2 is 2.33 bits per heavy atom. The average molecular weight is 216 g/mol. The van der Waals surface area contributed by atoms with E-state index in [4.69, 9.17) is 5.11 Å². The van der Waals surface area contributed by atoms with Gasteiger partial charge in [-0.05, 0) is 19.4 Å². The van der Waals surface area contributed by atoms with E-state index in [1.807, 2.05) is 4.90 Å². The SMILES string of the molecule is COC(=O)NC(=O)CN1CCC[C@H]1CO. The standard InChI is InChI=1S/C9H16N2O4/c1-15-9(14)10-8(13)5-11-4-2-3-7(11)6-12/h7,12H,2-6H2,1H3,(H,10,13,14)/t7-/m0/s1. The van der Waals surface area contributed by atoms with Gasteiger partial charge in [0.2, 0.25) is 5.91 Å². The Balaban J connectivity index is 2.34. The number of aliphatic hydroxyl groups is 1. The van der Waals surface area contributed by atoms with Gasteiger partial charge in [-0.15, -0.1) is 0 Å². The molecule has 2 N–H and O–H groups in total. The number of rotatable bonds is 3. The molecular formula is C9H16N2O4. The Kier molecular flexibility index (Phi) is 4.51. The van der Waals surface area contributed by atoms with Gasteiger partial charge in [0.05, 0.1) is 20.3 Å². The number of nitrogens with one attached hydrogen (secondary N) is 1. The largest absolute Gasteiger partial charge is 0.453 e. The van der Waals surface area contributed by atoms with E-state index in [9.17, 15) is 9.59 Å². The fraction of sp³-hybridized carbons (Fsp3) is 0.778. The number of amides is 2. The number of methoxy groups -OCH3 is 1. The Hall–Kier alpha value is -1.14. The third kappa shape index (κ3) is 3.49. The summed E-state index contributed by atoms with van der Waals surface area (Å²) in [5, 5.41) is 11.1. The molecule has 1 aliphatic rings. The van der Waals surface area contributed by atoms with Crippen LogP contribution < -0.4 is 5.32 Å². The molecule has 1 fully saturated rings. The van der Waals surface area contributed by atoms with Crippen LogP contribution in [0.3, 0.4) is 0 Å². The summed E-state index contributed by atoms with van der Waals surface area (Å²) >= 11 is 0. The van der Waals surface area contributed by atoms with E-state index in [-0.39, 0.29) is 19.2 Å². The van der Waals surface area contributed by atoms with Crippen molar-refractivity contribution in [3.05, 3.63) is 0 Å². The van der Waals surface area contributed by atoms with Crippen LogP contribution in [0.25, 0.3) is 0 Å². The highest BCUT2D eigenvalue weighted by atomic mass is 16.5. The van der Waals surface area contributed by atoms with Crippen LogP contribution in [-0.2, 0) is 9.53 Å². The Morgan fingerprint density at radius 1 is 1.60 bits per heavy atom. The molecule has 6 heteroatoms. The second-order valence-corrected chi connectivity index (χ2v) is 3.49. The van der Waals surface area contributed by atoms with Crippen molar-refractivity contribution in [2.75, 3.05) is 26.8 Å². The minimum atomic E-state index is -0.750. The van der Waals surface area contributed by atoms with Crippen molar-refractivity contribution in [1.82, 2.24) is 10.2 Å². The van der Waals surface area contributed by atoms with E-state index in [1.165, 1.54) is 7.11 Å². The topological polar surface area (TPSA) is 78.9 Å². The van der Waals surface area contributed by atoms with Crippen LogP contribution in [-0.4, -0.2) is 54.9 Å². The van der Waals surface area contributed by atoms with Gasteiger partial charge in [0.1, 0.15) is 0 Å². The highest BCUT2D eigenvalue weighted by Crippen LogP contribution is 2.15. The number of ether oxygens (including phenoxy) is 1. The maximum atomic E-state index is 11.3. The molecule has 15 heavy (non-hydrogen) atoms. The molecule has 0 spiro atoms. The van der Waals surface area contributed by atoms with Crippen LogP contribution >= 0.6 is 0 Å². The van der Waals surface area contributed by atoms with E-state index < -0.39 is 12.0 Å². The van der Waals surface area contributed by atoms with Crippen LogP contribution in [0.2, 0.25) is 0 Å². The summed E-state index contributed by atoms with van der Waals surface area (Å²) in [5.74, 6) is -0.401. The molecule has 1 heterocycles. The molecule has 0 aromatic heterocycles. The van der Waals surface area contributed by atoms with Gasteiger partial charge in [-0.1, -0.05) is 0 Å². The molecule has 1 saturated heterocycles. The maximum absolute atomic E-state index is 11.3. The lowest BCUT2D eigenvalue weighted by Crippen LogP contribution is -2.42. The number of carbonyl (C=O) groups excluding carboxylic acids is 2. The van der Waals surface area contributed by atoms with Crippen LogP contribution in [0.4, 0.5) is 4.79 Å². The van der Waals surface area contributed by atoms with Crippen LogP contribution in [0.5, 0.6) is 0 Å². The molecule has 1 rings (SSSR count). The summed E-state index contributed by atoms with van der Waals surface area (Å²) in [6.07, 6.45) is 1.11. The van der Waals surface area contributed by atoms with Gasteiger partial charge in [-0.2, -0.15) is 0 Å². The normalized spacial score (nSPS) is 21.3. The van der Waals surface area contributed by atoms with Crippen molar-refractivity contribution in [2.45, 2.75) is 18.9 Å². The molecule has 0 unspecified atom stereocenters. The third-order valence-electron chi connectivity index (χ3n) is 2.48. The molecule has 0 aromatic carbocycles. The first-order chi connectivity index (χ1) is 7.17. The summed E-state index contributed by atoms with van der Waals surface area (Å²) in [7, 11) is 1.20. The van der Waals surface area contributed by atoms with E-state index >= 15 is 0 Å². The van der Waals surface area contributed by atoms with E-state index in [0.29, 0.717) is 0 Å². The lowest BCUT2D eigenvalue weighted by molar-refractivity contribution is -0.121. The minimum absolute atomic E-state index is 0.0356. The van der Waals surface area contributed by atoms with E-state index in [2.05, 4.69) is 10.1 Å². The molecule has 86 valence electrons. The van der Waals surface area contributed by atoms with Crippen molar-refractivity contribution in [3.8, 4) is 0 Å². The molecule has 0 radical (unpaired) electrons. The summed E-state index contributed by atoms with van der Waals surface area (Å²) in [4.78, 5) is 23.9. The lowest BCUT2D eigenvalue weighted by Gasteiger charge is -2.21. The number of imide groups is 1. The number of nitrogens with zero attached hydrogens (tertiary/aromatic N) is 1. The second-order valence-electron chi connectivity index (χ2n) is 3.49. The van der Waals surface area contributed by atoms with Gasteiger partial charge in [-0.25, -0.2) is 4.79 Å². The van der Waals surface area contributed by atoms with Gasteiger partial charge < -0.3 is 9.84 Å². The van der Waals surface area contributed by atoms with Gasteiger partial charge in [-0.3, -0.25) is 15.0 Å². The Labute approximate surface area is 88.2 Å². The summed E-state index contributed by atoms with van der Waals surface area (Å²) in [5.41, 5.74) is 0. The van der Waals surface area contributed by atoms with Crippen LogP contribution in [0.1, 0.15) is 12.8 Å². The minimum Gasteiger partial charge on any atom is -0.453 e. The van der Waals surface area contributed by atoms with Crippen molar-refractivity contribution >= 4 is 12.0 Å². The van der Waals surface area contributed by atoms with Crippen LogP contribution in [0, 0.1) is 0 Å². The van der Waals surface area contributed by atoms with Gasteiger partial charge >= 0.3 is 6.09 Å². The predicted octanol–water partition coefficient (Wildman–Crippen LogP) is -0.674. The van der Waals surface area contributed by atoms with E-state index in [0.717, 1.165) is 19.4 Å². The average Bonchev–Trinajstić information content (AvgIpc) is 2.64. The summed E-state index contributed by atoms with van der Waals surface area (Å²) in [6.45, 7) is 0.950. The van der Waals surface area contributed by atoms with Gasteiger partial charge in [0, 0.05) is 6.04 Å². The molecule has 0 aliphatic carbocycles. The number of hydrogen-bond donors (Lipinski definition) is 2. The highest BCUT2D eigenvalue weighted by molar-refractivity contribution is 5.92. The predicted molar refractivity (Wildman–Crippen MR) is 52.2 cm³/mol. The van der Waals surface area contributed by atoms with Gasteiger partial charge in [0.15, 0.2) is 0 Å². The fourth-order valence-corrected chi connectivity index (χ4v) is 1.70.